The van der Waals surface area contributed by atoms with Crippen LogP contribution < -0.4 is 4.74 Å². The van der Waals surface area contributed by atoms with Crippen LogP contribution in [0.15, 0.2) is 18.2 Å². The summed E-state index contributed by atoms with van der Waals surface area (Å²) in [4.78, 5) is 13.2. The molecule has 2 heterocycles. The average Bonchev–Trinajstić information content (AvgIpc) is 3.04. The molecule has 110 valence electrons. The van der Waals surface area contributed by atoms with Crippen LogP contribution in [0.25, 0.3) is 0 Å². The molecular weight excluding hydrogens is 278 g/mol. The lowest BCUT2D eigenvalue weighted by Crippen LogP contribution is -2.37. The minimum Gasteiger partial charge on any atom is -0.493 e. The molecule has 5 heteroatoms. The normalized spacial score (nSPS) is 21.1. The summed E-state index contributed by atoms with van der Waals surface area (Å²) in [5.74, 6) is 0.327. The van der Waals surface area contributed by atoms with Gasteiger partial charge in [0.1, 0.15) is 11.8 Å². The summed E-state index contributed by atoms with van der Waals surface area (Å²) >= 11 is 0. The number of hydrogen-bond acceptors (Lipinski definition) is 3. The van der Waals surface area contributed by atoms with E-state index in [1.54, 1.807) is 0 Å². The summed E-state index contributed by atoms with van der Waals surface area (Å²) in [6, 6.07) is 6.05. The molecule has 0 radical (unpaired) electrons. The van der Waals surface area contributed by atoms with Gasteiger partial charge in [0.05, 0.1) is 6.61 Å². The number of aliphatic carboxylic acids is 1. The first kappa shape index (κ1) is 15.1. The van der Waals surface area contributed by atoms with E-state index >= 15 is 0 Å². The molecule has 0 bridgehead atoms. The van der Waals surface area contributed by atoms with Crippen LogP contribution in [0.3, 0.4) is 0 Å². The zero-order valence-electron chi connectivity index (χ0n) is 11.4. The Kier molecular flexibility index (Phi) is 4.89. The molecule has 0 aliphatic carbocycles. The molecule has 1 atom stereocenters. The SMILES string of the molecule is Cl.O=C(O)C1CCCN1CCc1ccc2c(c1)CCO2. The Morgan fingerprint density at radius 3 is 3.10 bits per heavy atom. The molecule has 0 aromatic heterocycles. The van der Waals surface area contributed by atoms with Crippen LogP contribution in [0.2, 0.25) is 0 Å². The van der Waals surface area contributed by atoms with Crippen LogP contribution in [-0.2, 0) is 17.6 Å². The van der Waals surface area contributed by atoms with Crippen LogP contribution in [0, 0.1) is 0 Å². The molecule has 1 N–H and O–H groups in total. The quantitative estimate of drug-likeness (QED) is 0.925. The van der Waals surface area contributed by atoms with Gasteiger partial charge in [-0.3, -0.25) is 9.69 Å². The lowest BCUT2D eigenvalue weighted by molar-refractivity contribution is -0.142. The van der Waals surface area contributed by atoms with Crippen LogP contribution in [0.1, 0.15) is 24.0 Å². The minimum atomic E-state index is -0.681. The van der Waals surface area contributed by atoms with E-state index < -0.39 is 5.97 Å². The second kappa shape index (κ2) is 6.46. The first-order chi connectivity index (χ1) is 9.24. The van der Waals surface area contributed by atoms with Crippen molar-refractivity contribution in [3.05, 3.63) is 29.3 Å². The molecule has 2 aliphatic rings. The number of ether oxygens (including phenoxy) is 1. The lowest BCUT2D eigenvalue weighted by atomic mass is 10.1. The Labute approximate surface area is 125 Å². The van der Waals surface area contributed by atoms with Crippen molar-refractivity contribution < 1.29 is 14.6 Å². The Hall–Kier alpha value is -1.26. The highest BCUT2D eigenvalue weighted by atomic mass is 35.5. The predicted octanol–water partition coefficient (Wildman–Crippen LogP) is 2.13. The van der Waals surface area contributed by atoms with E-state index in [1.165, 1.54) is 11.1 Å². The highest BCUT2D eigenvalue weighted by Crippen LogP contribution is 2.26. The van der Waals surface area contributed by atoms with E-state index in [0.29, 0.717) is 0 Å². The van der Waals surface area contributed by atoms with Gasteiger partial charge < -0.3 is 9.84 Å². The van der Waals surface area contributed by atoms with E-state index in [-0.39, 0.29) is 18.4 Å². The Morgan fingerprint density at radius 2 is 2.30 bits per heavy atom. The van der Waals surface area contributed by atoms with E-state index in [2.05, 4.69) is 17.0 Å². The number of benzene rings is 1. The van der Waals surface area contributed by atoms with Gasteiger partial charge in [0, 0.05) is 13.0 Å². The Morgan fingerprint density at radius 1 is 1.45 bits per heavy atom. The van der Waals surface area contributed by atoms with E-state index in [4.69, 9.17) is 9.84 Å². The molecule has 0 saturated carbocycles. The molecular formula is C15H20ClNO3. The summed E-state index contributed by atoms with van der Waals surface area (Å²) in [5.41, 5.74) is 2.56. The molecule has 1 aromatic rings. The first-order valence-electron chi connectivity index (χ1n) is 6.95. The molecule has 1 saturated heterocycles. The summed E-state index contributed by atoms with van der Waals surface area (Å²) in [7, 11) is 0. The number of fused-ring (bicyclic) bond motifs is 1. The van der Waals surface area contributed by atoms with Crippen LogP contribution >= 0.6 is 12.4 Å². The van der Waals surface area contributed by atoms with Gasteiger partial charge in [-0.1, -0.05) is 12.1 Å². The van der Waals surface area contributed by atoms with Gasteiger partial charge in [-0.05, 0) is 43.0 Å². The van der Waals surface area contributed by atoms with Crippen molar-refractivity contribution in [2.75, 3.05) is 19.7 Å². The Bertz CT molecular complexity index is 492. The average molecular weight is 298 g/mol. The summed E-state index contributed by atoms with van der Waals surface area (Å²) < 4.78 is 5.49. The van der Waals surface area contributed by atoms with Gasteiger partial charge in [0.15, 0.2) is 0 Å². The van der Waals surface area contributed by atoms with Gasteiger partial charge >= 0.3 is 5.97 Å². The van der Waals surface area contributed by atoms with Crippen molar-refractivity contribution in [2.24, 2.45) is 0 Å². The topological polar surface area (TPSA) is 49.8 Å². The number of carboxylic acids is 1. The summed E-state index contributed by atoms with van der Waals surface area (Å²) in [5, 5.41) is 9.15. The maximum atomic E-state index is 11.1. The van der Waals surface area contributed by atoms with Crippen molar-refractivity contribution in [2.45, 2.75) is 31.7 Å². The van der Waals surface area contributed by atoms with Crippen LogP contribution in [0.4, 0.5) is 0 Å². The third kappa shape index (κ3) is 3.07. The molecule has 0 amide bonds. The van der Waals surface area contributed by atoms with Crippen molar-refractivity contribution >= 4 is 18.4 Å². The smallest absolute Gasteiger partial charge is 0.320 e. The predicted molar refractivity (Wildman–Crippen MR) is 78.8 cm³/mol. The number of likely N-dealkylation sites (tertiary alicyclic amines) is 1. The number of carboxylic acid groups (broad SMARTS) is 1. The molecule has 1 unspecified atom stereocenters. The number of halogens is 1. The zero-order valence-corrected chi connectivity index (χ0v) is 12.2. The molecule has 4 nitrogen and oxygen atoms in total. The highest BCUT2D eigenvalue weighted by molar-refractivity contribution is 5.85. The fourth-order valence-corrected chi connectivity index (χ4v) is 3.04. The fraction of sp³-hybridized carbons (Fsp3) is 0.533. The minimum absolute atomic E-state index is 0. The molecule has 2 aliphatic heterocycles. The highest BCUT2D eigenvalue weighted by Gasteiger charge is 2.29. The monoisotopic (exact) mass is 297 g/mol. The largest absolute Gasteiger partial charge is 0.493 e. The third-order valence-electron chi connectivity index (χ3n) is 4.09. The van der Waals surface area contributed by atoms with Crippen molar-refractivity contribution in [1.29, 1.82) is 0 Å². The fourth-order valence-electron chi connectivity index (χ4n) is 3.04. The van der Waals surface area contributed by atoms with Gasteiger partial charge in [-0.2, -0.15) is 0 Å². The number of hydrogen-bond donors (Lipinski definition) is 1. The van der Waals surface area contributed by atoms with Crippen molar-refractivity contribution in [3.63, 3.8) is 0 Å². The summed E-state index contributed by atoms with van der Waals surface area (Å²) in [6.07, 6.45) is 3.68. The van der Waals surface area contributed by atoms with Gasteiger partial charge in [-0.15, -0.1) is 12.4 Å². The second-order valence-corrected chi connectivity index (χ2v) is 5.32. The maximum Gasteiger partial charge on any atom is 0.320 e. The van der Waals surface area contributed by atoms with Gasteiger partial charge in [0.25, 0.3) is 0 Å². The second-order valence-electron chi connectivity index (χ2n) is 5.32. The number of carbonyl (C=O) groups is 1. The maximum absolute atomic E-state index is 11.1. The van der Waals surface area contributed by atoms with Crippen molar-refractivity contribution in [3.8, 4) is 5.75 Å². The lowest BCUT2D eigenvalue weighted by Gasteiger charge is -2.20. The van der Waals surface area contributed by atoms with E-state index in [9.17, 15) is 4.79 Å². The molecule has 3 rings (SSSR count). The van der Waals surface area contributed by atoms with E-state index in [1.807, 2.05) is 6.07 Å². The molecule has 1 aromatic carbocycles. The number of rotatable bonds is 4. The molecule has 20 heavy (non-hydrogen) atoms. The Balaban J connectivity index is 0.00000147. The van der Waals surface area contributed by atoms with Gasteiger partial charge in [-0.25, -0.2) is 0 Å². The number of nitrogens with zero attached hydrogens (tertiary/aromatic N) is 1. The zero-order chi connectivity index (χ0) is 13.2. The standard InChI is InChI=1S/C15H19NO3.ClH/c17-15(18)13-2-1-7-16(13)8-5-11-3-4-14-12(10-11)6-9-19-14;/h3-4,10,13H,1-2,5-9H2,(H,17,18);1H. The molecule has 1 fully saturated rings. The van der Waals surface area contributed by atoms with Crippen molar-refractivity contribution in [1.82, 2.24) is 4.90 Å². The summed E-state index contributed by atoms with van der Waals surface area (Å²) in [6.45, 7) is 2.52. The third-order valence-corrected chi connectivity index (χ3v) is 4.09. The van der Waals surface area contributed by atoms with Crippen LogP contribution in [0.5, 0.6) is 5.75 Å². The van der Waals surface area contributed by atoms with E-state index in [0.717, 1.165) is 51.1 Å². The van der Waals surface area contributed by atoms with Crippen LogP contribution in [-0.4, -0.2) is 41.7 Å². The molecule has 0 spiro atoms. The first-order valence-corrected chi connectivity index (χ1v) is 6.95. The van der Waals surface area contributed by atoms with Gasteiger partial charge in [0.2, 0.25) is 0 Å².